The Kier molecular flexibility index (Phi) is 5.67. The summed E-state index contributed by atoms with van der Waals surface area (Å²) in [5.41, 5.74) is 1.15. The van der Waals surface area contributed by atoms with Gasteiger partial charge in [-0.15, -0.1) is 0 Å². The van der Waals surface area contributed by atoms with Crippen molar-refractivity contribution in [3.05, 3.63) is 22.8 Å². The summed E-state index contributed by atoms with van der Waals surface area (Å²) >= 11 is 6.41. The molecule has 20 heavy (non-hydrogen) atoms. The Hall–Kier alpha value is -0.800. The molecule has 1 aromatic heterocycles. The van der Waals surface area contributed by atoms with Crippen molar-refractivity contribution in [2.75, 3.05) is 18.5 Å². The van der Waals surface area contributed by atoms with Gasteiger partial charge in [0.25, 0.3) is 0 Å². The summed E-state index contributed by atoms with van der Waals surface area (Å²) in [5, 5.41) is 4.19. The molecule has 0 spiro atoms. The van der Waals surface area contributed by atoms with Gasteiger partial charge in [-0.2, -0.15) is 0 Å². The van der Waals surface area contributed by atoms with Crippen LogP contribution < -0.4 is 10.2 Å². The lowest BCUT2D eigenvalue weighted by molar-refractivity contribution is 0.551. The largest absolute Gasteiger partial charge is 0.355 e. The second-order valence-corrected chi connectivity index (χ2v) is 6.63. The number of nitrogens with one attached hydrogen (secondary N) is 1. The first-order valence-corrected chi connectivity index (χ1v) is 8.03. The normalized spacial score (nSPS) is 16.1. The molecule has 0 atom stereocenters. The van der Waals surface area contributed by atoms with Crippen molar-refractivity contribution < 1.29 is 0 Å². The van der Waals surface area contributed by atoms with E-state index in [1.807, 2.05) is 12.3 Å². The van der Waals surface area contributed by atoms with Gasteiger partial charge in [0.05, 0.1) is 5.02 Å². The number of anilines is 1. The molecule has 4 heteroatoms. The molecule has 1 fully saturated rings. The van der Waals surface area contributed by atoms with E-state index in [9.17, 15) is 0 Å². The average molecular weight is 296 g/mol. The first-order valence-electron chi connectivity index (χ1n) is 7.66. The number of rotatable bonds is 6. The molecule has 0 unspecified atom stereocenters. The maximum absolute atomic E-state index is 6.41. The van der Waals surface area contributed by atoms with Crippen LogP contribution in [0.1, 0.15) is 45.1 Å². The summed E-state index contributed by atoms with van der Waals surface area (Å²) in [6.07, 6.45) is 7.10. The van der Waals surface area contributed by atoms with Gasteiger partial charge in [-0.05, 0) is 36.9 Å². The molecule has 0 bridgehead atoms. The van der Waals surface area contributed by atoms with Crippen molar-refractivity contribution in [1.82, 2.24) is 10.3 Å². The molecule has 1 N–H and O–H groups in total. The first-order chi connectivity index (χ1) is 9.58. The Morgan fingerprint density at radius 2 is 2.10 bits per heavy atom. The van der Waals surface area contributed by atoms with Gasteiger partial charge in [-0.25, -0.2) is 4.98 Å². The zero-order chi connectivity index (χ0) is 14.5. The minimum atomic E-state index is 0.602. The lowest BCUT2D eigenvalue weighted by Crippen LogP contribution is -2.30. The third kappa shape index (κ3) is 4.10. The van der Waals surface area contributed by atoms with Crippen molar-refractivity contribution in [3.8, 4) is 0 Å². The maximum atomic E-state index is 6.41. The highest BCUT2D eigenvalue weighted by atomic mass is 35.5. The number of halogens is 1. The summed E-state index contributed by atoms with van der Waals surface area (Å²) < 4.78 is 0. The molecule has 1 aliphatic rings. The predicted molar refractivity (Wildman–Crippen MR) is 86.5 cm³/mol. The average Bonchev–Trinajstić information content (AvgIpc) is 2.91. The minimum Gasteiger partial charge on any atom is -0.355 e. The first kappa shape index (κ1) is 15.6. The van der Waals surface area contributed by atoms with Gasteiger partial charge < -0.3 is 10.2 Å². The van der Waals surface area contributed by atoms with Crippen LogP contribution >= 0.6 is 11.6 Å². The lowest BCUT2D eigenvalue weighted by atomic mass is 10.2. The summed E-state index contributed by atoms with van der Waals surface area (Å²) in [5.74, 6) is 1.58. The number of hydrogen-bond acceptors (Lipinski definition) is 3. The quantitative estimate of drug-likeness (QED) is 0.864. The molecule has 1 aromatic rings. The Morgan fingerprint density at radius 3 is 2.70 bits per heavy atom. The van der Waals surface area contributed by atoms with Crippen LogP contribution in [0.2, 0.25) is 5.02 Å². The zero-order valence-corrected chi connectivity index (χ0v) is 13.6. The van der Waals surface area contributed by atoms with E-state index < -0.39 is 0 Å². The fourth-order valence-electron chi connectivity index (χ4n) is 2.80. The van der Waals surface area contributed by atoms with Crippen LogP contribution in [0.4, 0.5) is 5.82 Å². The van der Waals surface area contributed by atoms with Gasteiger partial charge in [-0.3, -0.25) is 0 Å². The van der Waals surface area contributed by atoms with E-state index >= 15 is 0 Å². The number of pyridine rings is 1. The summed E-state index contributed by atoms with van der Waals surface area (Å²) in [6, 6.07) is 2.65. The van der Waals surface area contributed by atoms with E-state index in [2.05, 4.69) is 36.1 Å². The van der Waals surface area contributed by atoms with Crippen LogP contribution in [0.5, 0.6) is 0 Å². The van der Waals surface area contributed by atoms with Crippen molar-refractivity contribution in [2.45, 2.75) is 52.1 Å². The van der Waals surface area contributed by atoms with Gasteiger partial charge in [0.1, 0.15) is 5.82 Å². The van der Waals surface area contributed by atoms with Gasteiger partial charge >= 0.3 is 0 Å². The molecule has 0 amide bonds. The molecule has 1 saturated carbocycles. The Balaban J connectivity index is 1.98. The molecule has 0 aliphatic heterocycles. The third-order valence-electron chi connectivity index (χ3n) is 3.97. The van der Waals surface area contributed by atoms with E-state index in [-0.39, 0.29) is 0 Å². The van der Waals surface area contributed by atoms with Crippen molar-refractivity contribution in [3.63, 3.8) is 0 Å². The fourth-order valence-corrected chi connectivity index (χ4v) is 3.12. The highest BCUT2D eigenvalue weighted by Gasteiger charge is 2.22. The van der Waals surface area contributed by atoms with E-state index in [0.29, 0.717) is 12.0 Å². The van der Waals surface area contributed by atoms with Crippen molar-refractivity contribution in [2.24, 2.45) is 5.92 Å². The van der Waals surface area contributed by atoms with Crippen LogP contribution in [-0.4, -0.2) is 24.6 Å². The molecular formula is C16H26ClN3. The zero-order valence-electron chi connectivity index (χ0n) is 12.8. The molecule has 1 aliphatic carbocycles. The van der Waals surface area contributed by atoms with E-state index in [0.717, 1.165) is 29.5 Å². The molecule has 0 saturated heterocycles. The topological polar surface area (TPSA) is 28.2 Å². The van der Waals surface area contributed by atoms with E-state index in [1.165, 1.54) is 25.7 Å². The van der Waals surface area contributed by atoms with Gasteiger partial charge in [0.2, 0.25) is 0 Å². The minimum absolute atomic E-state index is 0.602. The summed E-state index contributed by atoms with van der Waals surface area (Å²) in [7, 11) is 2.11. The fraction of sp³-hybridized carbons (Fsp3) is 0.688. The lowest BCUT2D eigenvalue weighted by Gasteiger charge is -2.26. The molecule has 2 rings (SSSR count). The molecule has 112 valence electrons. The molecule has 1 heterocycles. The molecule has 3 nitrogen and oxygen atoms in total. The standard InChI is InChI=1S/C16H26ClN3/c1-12(2)9-18-10-13-8-15(17)16(19-11-13)20(3)14-6-4-5-7-14/h8,11-12,14,18H,4-7,9-10H2,1-3H3. The van der Waals surface area contributed by atoms with E-state index in [1.54, 1.807) is 0 Å². The summed E-state index contributed by atoms with van der Waals surface area (Å²) in [4.78, 5) is 6.83. The number of aromatic nitrogens is 1. The van der Waals surface area contributed by atoms with Gasteiger partial charge in [0.15, 0.2) is 0 Å². The Labute approximate surface area is 127 Å². The highest BCUT2D eigenvalue weighted by Crippen LogP contribution is 2.30. The second kappa shape index (κ2) is 7.28. The SMILES string of the molecule is CC(C)CNCc1cnc(N(C)C2CCCC2)c(Cl)c1. The molecule has 0 radical (unpaired) electrons. The van der Waals surface area contributed by atoms with Gasteiger partial charge in [-0.1, -0.05) is 38.3 Å². The summed E-state index contributed by atoms with van der Waals surface area (Å²) in [6.45, 7) is 6.26. The number of nitrogens with zero attached hydrogens (tertiary/aromatic N) is 2. The smallest absolute Gasteiger partial charge is 0.147 e. The van der Waals surface area contributed by atoms with Crippen molar-refractivity contribution >= 4 is 17.4 Å². The number of hydrogen-bond donors (Lipinski definition) is 1. The Bertz CT molecular complexity index is 428. The van der Waals surface area contributed by atoms with Crippen LogP contribution in [-0.2, 0) is 6.54 Å². The van der Waals surface area contributed by atoms with Crippen molar-refractivity contribution in [1.29, 1.82) is 0 Å². The van der Waals surface area contributed by atoms with Crippen LogP contribution in [0.25, 0.3) is 0 Å². The van der Waals surface area contributed by atoms with Gasteiger partial charge in [0, 0.05) is 25.8 Å². The molecular weight excluding hydrogens is 270 g/mol. The monoisotopic (exact) mass is 295 g/mol. The predicted octanol–water partition coefficient (Wildman–Crippen LogP) is 3.86. The third-order valence-corrected chi connectivity index (χ3v) is 4.24. The van der Waals surface area contributed by atoms with E-state index in [4.69, 9.17) is 11.6 Å². The van der Waals surface area contributed by atoms with Crippen LogP contribution in [0.3, 0.4) is 0 Å². The second-order valence-electron chi connectivity index (χ2n) is 6.22. The van der Waals surface area contributed by atoms with Crippen LogP contribution in [0, 0.1) is 5.92 Å². The maximum Gasteiger partial charge on any atom is 0.147 e. The highest BCUT2D eigenvalue weighted by molar-refractivity contribution is 6.33. The Morgan fingerprint density at radius 1 is 1.40 bits per heavy atom. The van der Waals surface area contributed by atoms with Crippen LogP contribution in [0.15, 0.2) is 12.3 Å². The molecule has 0 aromatic carbocycles.